The molecule has 1 atom stereocenters. The van der Waals surface area contributed by atoms with E-state index in [4.69, 9.17) is 5.11 Å². The molecule has 0 aromatic heterocycles. The topological polar surface area (TPSA) is 37.3 Å². The third-order valence-corrected chi connectivity index (χ3v) is 3.12. The first-order chi connectivity index (χ1) is 7.18. The van der Waals surface area contributed by atoms with Gasteiger partial charge in [0.2, 0.25) is 0 Å². The van der Waals surface area contributed by atoms with E-state index >= 15 is 0 Å². The van der Waals surface area contributed by atoms with Crippen LogP contribution in [0.2, 0.25) is 0 Å². The van der Waals surface area contributed by atoms with E-state index in [1.807, 2.05) is 0 Å². The van der Waals surface area contributed by atoms with Gasteiger partial charge in [-0.3, -0.25) is 4.79 Å². The van der Waals surface area contributed by atoms with Crippen LogP contribution < -0.4 is 0 Å². The smallest absolute Gasteiger partial charge is 0.311 e. The van der Waals surface area contributed by atoms with Gasteiger partial charge in [-0.05, 0) is 36.5 Å². The second-order valence-electron chi connectivity index (χ2n) is 4.06. The fraction of sp³-hybridized carbons (Fsp3) is 0.417. The summed E-state index contributed by atoms with van der Waals surface area (Å²) in [6.07, 6.45) is 3.04. The zero-order valence-corrected chi connectivity index (χ0v) is 8.32. The van der Waals surface area contributed by atoms with Gasteiger partial charge in [-0.1, -0.05) is 18.6 Å². The number of aliphatic carboxylic acids is 1. The van der Waals surface area contributed by atoms with Crippen LogP contribution in [0.3, 0.4) is 0 Å². The minimum absolute atomic E-state index is 0.230. The van der Waals surface area contributed by atoms with Crippen LogP contribution in [0.1, 0.15) is 30.7 Å². The van der Waals surface area contributed by atoms with Gasteiger partial charge < -0.3 is 5.11 Å². The van der Waals surface area contributed by atoms with E-state index in [1.54, 1.807) is 12.1 Å². The lowest BCUT2D eigenvalue weighted by Crippen LogP contribution is -2.26. The Hall–Kier alpha value is -1.38. The highest BCUT2D eigenvalue weighted by Gasteiger charge is 2.33. The molecule has 2 nitrogen and oxygen atoms in total. The molecule has 1 aromatic rings. The molecule has 1 aromatic carbocycles. The molecular weight excluding hydrogens is 195 g/mol. The molecule has 1 aliphatic rings. The first-order valence-electron chi connectivity index (χ1n) is 5.17. The molecule has 15 heavy (non-hydrogen) atoms. The Labute approximate surface area is 87.7 Å². The largest absolute Gasteiger partial charge is 0.481 e. The third kappa shape index (κ3) is 2.01. The van der Waals surface area contributed by atoms with Crippen molar-refractivity contribution in [2.75, 3.05) is 0 Å². The zero-order valence-electron chi connectivity index (χ0n) is 8.32. The van der Waals surface area contributed by atoms with E-state index in [0.717, 1.165) is 19.3 Å². The van der Waals surface area contributed by atoms with E-state index < -0.39 is 11.9 Å². The van der Waals surface area contributed by atoms with Crippen molar-refractivity contribution < 1.29 is 14.3 Å². The van der Waals surface area contributed by atoms with Crippen molar-refractivity contribution in [3.8, 4) is 0 Å². The normalized spacial score (nSPS) is 18.2. The maximum atomic E-state index is 12.7. The number of hydrogen-bond acceptors (Lipinski definition) is 1. The summed E-state index contributed by atoms with van der Waals surface area (Å²) in [5.74, 6) is -1.35. The van der Waals surface area contributed by atoms with Crippen molar-refractivity contribution in [3.05, 3.63) is 35.6 Å². The predicted octanol–water partition coefficient (Wildman–Crippen LogP) is 2.79. The van der Waals surface area contributed by atoms with Crippen LogP contribution in [0.4, 0.5) is 4.39 Å². The average Bonchev–Trinajstić information content (AvgIpc) is 2.12. The van der Waals surface area contributed by atoms with Gasteiger partial charge >= 0.3 is 5.97 Å². The summed E-state index contributed by atoms with van der Waals surface area (Å²) in [4.78, 5) is 11.1. The van der Waals surface area contributed by atoms with Crippen LogP contribution in [0.5, 0.6) is 0 Å². The number of carbonyl (C=O) groups is 1. The Morgan fingerprint density at radius 2 is 1.93 bits per heavy atom. The zero-order chi connectivity index (χ0) is 10.8. The van der Waals surface area contributed by atoms with E-state index in [-0.39, 0.29) is 11.7 Å². The van der Waals surface area contributed by atoms with Gasteiger partial charge in [-0.25, -0.2) is 4.39 Å². The lowest BCUT2D eigenvalue weighted by Gasteiger charge is -2.31. The SMILES string of the molecule is O=C(O)C(c1ccc(F)cc1)C1CCC1. The molecule has 0 heterocycles. The molecule has 1 fully saturated rings. The lowest BCUT2D eigenvalue weighted by atomic mass is 9.73. The minimum atomic E-state index is -0.800. The highest BCUT2D eigenvalue weighted by atomic mass is 19.1. The first-order valence-corrected chi connectivity index (χ1v) is 5.17. The molecule has 0 radical (unpaired) electrons. The van der Waals surface area contributed by atoms with Crippen molar-refractivity contribution in [2.24, 2.45) is 5.92 Å². The highest BCUT2D eigenvalue weighted by Crippen LogP contribution is 2.39. The first kappa shape index (κ1) is 10.1. The molecule has 0 spiro atoms. The van der Waals surface area contributed by atoms with Crippen molar-refractivity contribution in [2.45, 2.75) is 25.2 Å². The molecule has 1 aliphatic carbocycles. The quantitative estimate of drug-likeness (QED) is 0.829. The minimum Gasteiger partial charge on any atom is -0.481 e. The van der Waals surface area contributed by atoms with Crippen LogP contribution in [0.25, 0.3) is 0 Å². The maximum Gasteiger partial charge on any atom is 0.311 e. The fourth-order valence-electron chi connectivity index (χ4n) is 2.06. The van der Waals surface area contributed by atoms with Crippen molar-refractivity contribution in [1.29, 1.82) is 0 Å². The lowest BCUT2D eigenvalue weighted by molar-refractivity contribution is -0.141. The standard InChI is InChI=1S/C12H13FO2/c13-10-6-4-9(5-7-10)11(12(14)15)8-2-1-3-8/h4-8,11H,1-3H2,(H,14,15). The van der Waals surface area contributed by atoms with Crippen LogP contribution in [-0.2, 0) is 4.79 Å². The van der Waals surface area contributed by atoms with E-state index in [1.165, 1.54) is 12.1 Å². The molecule has 0 saturated heterocycles. The number of benzene rings is 1. The molecule has 0 aliphatic heterocycles. The van der Waals surface area contributed by atoms with Gasteiger partial charge in [0.05, 0.1) is 5.92 Å². The van der Waals surface area contributed by atoms with Gasteiger partial charge in [-0.2, -0.15) is 0 Å². The summed E-state index contributed by atoms with van der Waals surface area (Å²) in [5, 5.41) is 9.14. The van der Waals surface area contributed by atoms with Crippen molar-refractivity contribution in [3.63, 3.8) is 0 Å². The maximum absolute atomic E-state index is 12.7. The molecular formula is C12H13FO2. The second-order valence-corrected chi connectivity index (χ2v) is 4.06. The molecule has 1 unspecified atom stereocenters. The number of carboxylic acids is 1. The predicted molar refractivity (Wildman–Crippen MR) is 54.1 cm³/mol. The third-order valence-electron chi connectivity index (χ3n) is 3.12. The number of rotatable bonds is 3. The van der Waals surface area contributed by atoms with Crippen LogP contribution in [-0.4, -0.2) is 11.1 Å². The number of hydrogen-bond donors (Lipinski definition) is 1. The molecule has 2 rings (SSSR count). The van der Waals surface area contributed by atoms with Crippen molar-refractivity contribution >= 4 is 5.97 Å². The van der Waals surface area contributed by atoms with Gasteiger partial charge in [0.25, 0.3) is 0 Å². The Morgan fingerprint density at radius 1 is 1.33 bits per heavy atom. The van der Waals surface area contributed by atoms with Gasteiger partial charge in [0.1, 0.15) is 5.82 Å². The van der Waals surface area contributed by atoms with Crippen molar-refractivity contribution in [1.82, 2.24) is 0 Å². The van der Waals surface area contributed by atoms with Gasteiger partial charge in [0.15, 0.2) is 0 Å². The summed E-state index contributed by atoms with van der Waals surface area (Å²) >= 11 is 0. The Morgan fingerprint density at radius 3 is 2.33 bits per heavy atom. The summed E-state index contributed by atoms with van der Waals surface area (Å²) in [7, 11) is 0. The summed E-state index contributed by atoms with van der Waals surface area (Å²) in [5.41, 5.74) is 0.716. The summed E-state index contributed by atoms with van der Waals surface area (Å²) in [6.45, 7) is 0. The molecule has 0 bridgehead atoms. The number of halogens is 1. The second kappa shape index (κ2) is 4.01. The monoisotopic (exact) mass is 208 g/mol. The molecule has 0 amide bonds. The van der Waals surface area contributed by atoms with Crippen LogP contribution in [0, 0.1) is 11.7 Å². The molecule has 1 saturated carbocycles. The van der Waals surface area contributed by atoms with Crippen LogP contribution >= 0.6 is 0 Å². The van der Waals surface area contributed by atoms with E-state index in [2.05, 4.69) is 0 Å². The van der Waals surface area contributed by atoms with E-state index in [9.17, 15) is 9.18 Å². The Bertz CT molecular complexity index is 354. The highest BCUT2D eigenvalue weighted by molar-refractivity contribution is 5.76. The van der Waals surface area contributed by atoms with E-state index in [0.29, 0.717) is 5.56 Å². The summed E-state index contributed by atoms with van der Waals surface area (Å²) < 4.78 is 12.7. The van der Waals surface area contributed by atoms with Crippen LogP contribution in [0.15, 0.2) is 24.3 Å². The summed E-state index contributed by atoms with van der Waals surface area (Å²) in [6, 6.07) is 5.80. The number of carboxylic acid groups (broad SMARTS) is 1. The molecule has 3 heteroatoms. The molecule has 1 N–H and O–H groups in total. The Kier molecular flexibility index (Phi) is 2.71. The van der Waals surface area contributed by atoms with Gasteiger partial charge in [0, 0.05) is 0 Å². The Balaban J connectivity index is 2.23. The van der Waals surface area contributed by atoms with Gasteiger partial charge in [-0.15, -0.1) is 0 Å². The average molecular weight is 208 g/mol. The molecule has 80 valence electrons. The fourth-order valence-corrected chi connectivity index (χ4v) is 2.06.